The van der Waals surface area contributed by atoms with Gasteiger partial charge in [0.1, 0.15) is 6.29 Å². The molecule has 1 aromatic carbocycles. The van der Waals surface area contributed by atoms with Gasteiger partial charge in [-0.3, -0.25) is 4.79 Å². The Bertz CT molecular complexity index is 366. The highest BCUT2D eigenvalue weighted by atomic mass is 35.5. The van der Waals surface area contributed by atoms with Crippen LogP contribution in [0.1, 0.15) is 11.1 Å². The van der Waals surface area contributed by atoms with E-state index in [9.17, 15) is 4.79 Å². The van der Waals surface area contributed by atoms with Gasteiger partial charge in [0, 0.05) is 11.4 Å². The maximum absolute atomic E-state index is 10.5. The molecule has 1 aromatic rings. The average Bonchev–Trinajstić information content (AvgIpc) is 2.49. The molecule has 0 saturated heterocycles. The largest absolute Gasteiger partial charge is 0.298 e. The number of allylic oxidation sites excluding steroid dienone is 1. The summed E-state index contributed by atoms with van der Waals surface area (Å²) in [5.41, 5.74) is 2.95. The third-order valence-corrected chi connectivity index (χ3v) is 2.38. The summed E-state index contributed by atoms with van der Waals surface area (Å²) < 4.78 is 0. The number of hydrogen-bond acceptors (Lipinski definition) is 1. The maximum atomic E-state index is 10.5. The van der Waals surface area contributed by atoms with Gasteiger partial charge in [0.05, 0.1) is 0 Å². The molecular formula is C10H7ClO. The third kappa shape index (κ3) is 1.07. The van der Waals surface area contributed by atoms with Crippen molar-refractivity contribution in [2.24, 2.45) is 0 Å². The molecule has 0 atom stereocenters. The SMILES string of the molecule is O=CC1=Cc2cccc(Cl)c2C1. The predicted molar refractivity (Wildman–Crippen MR) is 49.2 cm³/mol. The van der Waals surface area contributed by atoms with Gasteiger partial charge in [0.2, 0.25) is 0 Å². The zero-order valence-electron chi connectivity index (χ0n) is 6.38. The van der Waals surface area contributed by atoms with Crippen LogP contribution < -0.4 is 0 Å². The van der Waals surface area contributed by atoms with Crippen LogP contribution in [0.25, 0.3) is 6.08 Å². The number of benzene rings is 1. The number of aldehydes is 1. The van der Waals surface area contributed by atoms with Gasteiger partial charge >= 0.3 is 0 Å². The normalized spacial score (nSPS) is 13.9. The van der Waals surface area contributed by atoms with Crippen molar-refractivity contribution >= 4 is 24.0 Å². The number of halogens is 1. The molecule has 0 bridgehead atoms. The lowest BCUT2D eigenvalue weighted by Crippen LogP contribution is -1.86. The van der Waals surface area contributed by atoms with Gasteiger partial charge in [-0.1, -0.05) is 23.7 Å². The second-order valence-corrected chi connectivity index (χ2v) is 3.23. The van der Waals surface area contributed by atoms with E-state index in [0.717, 1.165) is 28.0 Å². The molecule has 0 radical (unpaired) electrons. The molecule has 1 aliphatic rings. The minimum Gasteiger partial charge on any atom is -0.298 e. The molecule has 0 N–H and O–H groups in total. The molecule has 0 heterocycles. The summed E-state index contributed by atoms with van der Waals surface area (Å²) in [6.45, 7) is 0. The van der Waals surface area contributed by atoms with E-state index < -0.39 is 0 Å². The molecule has 0 spiro atoms. The van der Waals surface area contributed by atoms with E-state index in [4.69, 9.17) is 11.6 Å². The molecule has 0 saturated carbocycles. The fourth-order valence-corrected chi connectivity index (χ4v) is 1.68. The van der Waals surface area contributed by atoms with Crippen LogP contribution in [-0.4, -0.2) is 6.29 Å². The Balaban J connectivity index is 2.52. The van der Waals surface area contributed by atoms with Crippen molar-refractivity contribution in [3.8, 4) is 0 Å². The third-order valence-electron chi connectivity index (χ3n) is 2.03. The molecule has 1 nitrogen and oxygen atoms in total. The van der Waals surface area contributed by atoms with Crippen molar-refractivity contribution in [3.63, 3.8) is 0 Å². The van der Waals surface area contributed by atoms with Gasteiger partial charge in [0.25, 0.3) is 0 Å². The topological polar surface area (TPSA) is 17.1 Å². The summed E-state index contributed by atoms with van der Waals surface area (Å²) in [5, 5.41) is 0.751. The lowest BCUT2D eigenvalue weighted by molar-refractivity contribution is -0.104. The van der Waals surface area contributed by atoms with Crippen LogP contribution in [0.5, 0.6) is 0 Å². The Labute approximate surface area is 75.7 Å². The van der Waals surface area contributed by atoms with Crippen LogP contribution in [0.3, 0.4) is 0 Å². The van der Waals surface area contributed by atoms with E-state index in [1.54, 1.807) is 0 Å². The molecule has 12 heavy (non-hydrogen) atoms. The summed E-state index contributed by atoms with van der Waals surface area (Å²) in [6.07, 6.45) is 3.45. The highest BCUT2D eigenvalue weighted by Crippen LogP contribution is 2.29. The minimum atomic E-state index is 0.679. The van der Waals surface area contributed by atoms with E-state index in [-0.39, 0.29) is 0 Å². The first kappa shape index (κ1) is 7.56. The van der Waals surface area contributed by atoms with Crippen LogP contribution in [-0.2, 0) is 11.2 Å². The molecular weight excluding hydrogens is 172 g/mol. The zero-order valence-corrected chi connectivity index (χ0v) is 7.14. The van der Waals surface area contributed by atoms with Crippen molar-refractivity contribution in [1.82, 2.24) is 0 Å². The molecule has 2 rings (SSSR count). The molecule has 0 aliphatic heterocycles. The average molecular weight is 179 g/mol. The van der Waals surface area contributed by atoms with Crippen LogP contribution in [0.2, 0.25) is 5.02 Å². The van der Waals surface area contributed by atoms with Crippen LogP contribution in [0.15, 0.2) is 23.8 Å². The number of fused-ring (bicyclic) bond motifs is 1. The van der Waals surface area contributed by atoms with Crippen molar-refractivity contribution in [2.45, 2.75) is 6.42 Å². The fourth-order valence-electron chi connectivity index (χ4n) is 1.43. The Morgan fingerprint density at radius 1 is 1.42 bits per heavy atom. The quantitative estimate of drug-likeness (QED) is 0.604. The Morgan fingerprint density at radius 3 is 2.92 bits per heavy atom. The second-order valence-electron chi connectivity index (χ2n) is 2.82. The summed E-state index contributed by atoms with van der Waals surface area (Å²) in [7, 11) is 0. The molecule has 0 amide bonds. The van der Waals surface area contributed by atoms with Gasteiger partial charge in [-0.25, -0.2) is 0 Å². The summed E-state index contributed by atoms with van der Waals surface area (Å²) in [5.74, 6) is 0. The van der Waals surface area contributed by atoms with E-state index in [2.05, 4.69) is 0 Å². The summed E-state index contributed by atoms with van der Waals surface area (Å²) in [6, 6.07) is 5.71. The smallest absolute Gasteiger partial charge is 0.146 e. The van der Waals surface area contributed by atoms with E-state index in [0.29, 0.717) is 6.42 Å². The molecule has 1 aliphatic carbocycles. The van der Waals surface area contributed by atoms with Crippen molar-refractivity contribution in [1.29, 1.82) is 0 Å². The Hall–Kier alpha value is -1.08. The van der Waals surface area contributed by atoms with Crippen molar-refractivity contribution < 1.29 is 4.79 Å². The number of carbonyl (C=O) groups is 1. The van der Waals surface area contributed by atoms with E-state index in [1.165, 1.54) is 0 Å². The maximum Gasteiger partial charge on any atom is 0.146 e. The standard InChI is InChI=1S/C10H7ClO/c11-10-3-1-2-8-4-7(6-12)5-9(8)10/h1-4,6H,5H2. The van der Waals surface area contributed by atoms with E-state index >= 15 is 0 Å². The highest BCUT2D eigenvalue weighted by Gasteiger charge is 2.13. The monoisotopic (exact) mass is 178 g/mol. The van der Waals surface area contributed by atoms with Gasteiger partial charge in [-0.2, -0.15) is 0 Å². The molecule has 0 fully saturated rings. The van der Waals surface area contributed by atoms with Crippen molar-refractivity contribution in [3.05, 3.63) is 39.9 Å². The first-order chi connectivity index (χ1) is 5.81. The lowest BCUT2D eigenvalue weighted by atomic mass is 10.1. The van der Waals surface area contributed by atoms with Gasteiger partial charge in [-0.15, -0.1) is 0 Å². The fraction of sp³-hybridized carbons (Fsp3) is 0.100. The molecule has 0 unspecified atom stereocenters. The predicted octanol–water partition coefficient (Wildman–Crippen LogP) is 2.48. The van der Waals surface area contributed by atoms with Crippen LogP contribution in [0.4, 0.5) is 0 Å². The van der Waals surface area contributed by atoms with Gasteiger partial charge < -0.3 is 0 Å². The lowest BCUT2D eigenvalue weighted by Gasteiger charge is -1.99. The summed E-state index contributed by atoms with van der Waals surface area (Å²) >= 11 is 5.94. The second kappa shape index (κ2) is 2.76. The summed E-state index contributed by atoms with van der Waals surface area (Å²) in [4.78, 5) is 10.5. The first-order valence-corrected chi connectivity index (χ1v) is 4.12. The number of rotatable bonds is 1. The minimum absolute atomic E-state index is 0.679. The molecule has 0 aromatic heterocycles. The molecule has 2 heteroatoms. The highest BCUT2D eigenvalue weighted by molar-refractivity contribution is 6.31. The van der Waals surface area contributed by atoms with Gasteiger partial charge in [0.15, 0.2) is 0 Å². The van der Waals surface area contributed by atoms with E-state index in [1.807, 2.05) is 24.3 Å². The van der Waals surface area contributed by atoms with Crippen LogP contribution >= 0.6 is 11.6 Å². The first-order valence-electron chi connectivity index (χ1n) is 3.74. The number of carbonyl (C=O) groups excluding carboxylic acids is 1. The van der Waals surface area contributed by atoms with Crippen LogP contribution in [0, 0.1) is 0 Å². The Kier molecular flexibility index (Phi) is 1.74. The van der Waals surface area contributed by atoms with Crippen molar-refractivity contribution in [2.75, 3.05) is 0 Å². The molecule has 60 valence electrons. The number of hydrogen-bond donors (Lipinski definition) is 0. The van der Waals surface area contributed by atoms with Gasteiger partial charge in [-0.05, 0) is 28.8 Å². The Morgan fingerprint density at radius 2 is 2.25 bits per heavy atom. The zero-order chi connectivity index (χ0) is 8.55.